The molecule has 33 heavy (non-hydrogen) atoms. The number of fused-ring (bicyclic) bond motifs is 1. The molecule has 0 spiro atoms. The van der Waals surface area contributed by atoms with Crippen molar-refractivity contribution in [1.82, 2.24) is 10.4 Å². The summed E-state index contributed by atoms with van der Waals surface area (Å²) in [6, 6.07) is 22.2. The van der Waals surface area contributed by atoms with Crippen LogP contribution in [0.4, 0.5) is 14.9 Å². The SMILES string of the molecule is COC(=O)N(NC(=O)c1c(CBr)c(-c2ccccc2)nc2c(F)cccc12)c1ccccc1. The van der Waals surface area contributed by atoms with Gasteiger partial charge in [-0.2, -0.15) is 5.01 Å². The topological polar surface area (TPSA) is 71.5 Å². The second kappa shape index (κ2) is 9.79. The number of methoxy groups -OCH3 is 1. The number of amides is 2. The molecular weight excluding hydrogens is 489 g/mol. The largest absolute Gasteiger partial charge is 0.451 e. The number of para-hydroxylation sites is 2. The van der Waals surface area contributed by atoms with E-state index < -0.39 is 17.8 Å². The highest BCUT2D eigenvalue weighted by molar-refractivity contribution is 9.08. The number of rotatable bonds is 4. The van der Waals surface area contributed by atoms with E-state index in [0.29, 0.717) is 22.3 Å². The first-order valence-electron chi connectivity index (χ1n) is 10.0. The third kappa shape index (κ3) is 4.42. The van der Waals surface area contributed by atoms with Crippen molar-refractivity contribution >= 4 is 44.5 Å². The van der Waals surface area contributed by atoms with Crippen molar-refractivity contribution in [3.8, 4) is 11.3 Å². The second-order valence-electron chi connectivity index (χ2n) is 7.03. The second-order valence-corrected chi connectivity index (χ2v) is 7.59. The van der Waals surface area contributed by atoms with E-state index in [2.05, 4.69) is 26.3 Å². The Bertz CT molecular complexity index is 1320. The number of alkyl halides is 1. The van der Waals surface area contributed by atoms with Crippen molar-refractivity contribution in [3.63, 3.8) is 0 Å². The summed E-state index contributed by atoms with van der Waals surface area (Å²) >= 11 is 3.46. The molecule has 0 bridgehead atoms. The van der Waals surface area contributed by atoms with E-state index in [0.717, 1.165) is 10.6 Å². The zero-order valence-corrected chi connectivity index (χ0v) is 19.2. The fourth-order valence-electron chi connectivity index (χ4n) is 3.56. The third-order valence-electron chi connectivity index (χ3n) is 5.06. The van der Waals surface area contributed by atoms with Crippen LogP contribution in [0.3, 0.4) is 0 Å². The Balaban J connectivity index is 1.91. The van der Waals surface area contributed by atoms with Crippen LogP contribution >= 0.6 is 15.9 Å². The van der Waals surface area contributed by atoms with Crippen LogP contribution in [0.25, 0.3) is 22.2 Å². The Kier molecular flexibility index (Phi) is 6.65. The highest BCUT2D eigenvalue weighted by Gasteiger charge is 2.26. The van der Waals surface area contributed by atoms with Crippen molar-refractivity contribution in [2.45, 2.75) is 5.33 Å². The van der Waals surface area contributed by atoms with Crippen LogP contribution in [0.15, 0.2) is 78.9 Å². The average Bonchev–Trinajstić information content (AvgIpc) is 2.86. The predicted octanol–water partition coefficient (Wildman–Crippen LogP) is 5.85. The van der Waals surface area contributed by atoms with E-state index in [1.54, 1.807) is 36.4 Å². The lowest BCUT2D eigenvalue weighted by molar-refractivity contribution is 0.0942. The number of hydrogen-bond donors (Lipinski definition) is 1. The summed E-state index contributed by atoms with van der Waals surface area (Å²) < 4.78 is 19.6. The summed E-state index contributed by atoms with van der Waals surface area (Å²) in [5, 5.41) is 1.62. The van der Waals surface area contributed by atoms with Gasteiger partial charge in [-0.25, -0.2) is 14.2 Å². The number of aromatic nitrogens is 1. The van der Waals surface area contributed by atoms with Gasteiger partial charge in [-0.05, 0) is 18.2 Å². The molecule has 0 saturated heterocycles. The van der Waals surface area contributed by atoms with Crippen LogP contribution in [-0.2, 0) is 10.1 Å². The summed E-state index contributed by atoms with van der Waals surface area (Å²) in [5.41, 5.74) is 5.07. The highest BCUT2D eigenvalue weighted by atomic mass is 79.9. The van der Waals surface area contributed by atoms with E-state index >= 15 is 0 Å². The average molecular weight is 508 g/mol. The number of benzene rings is 3. The molecule has 0 saturated carbocycles. The summed E-state index contributed by atoms with van der Waals surface area (Å²) in [6.07, 6.45) is -0.775. The number of carbonyl (C=O) groups excluding carboxylic acids is 2. The van der Waals surface area contributed by atoms with Gasteiger partial charge in [-0.3, -0.25) is 10.2 Å². The number of hydrogen-bond acceptors (Lipinski definition) is 4. The number of nitrogens with zero attached hydrogens (tertiary/aromatic N) is 2. The molecule has 0 atom stereocenters. The number of carbonyl (C=O) groups is 2. The van der Waals surface area contributed by atoms with Gasteiger partial charge < -0.3 is 4.74 Å². The van der Waals surface area contributed by atoms with Crippen molar-refractivity contribution in [2.24, 2.45) is 0 Å². The summed E-state index contributed by atoms with van der Waals surface area (Å²) in [4.78, 5) is 30.6. The maximum absolute atomic E-state index is 14.8. The lowest BCUT2D eigenvalue weighted by Crippen LogP contribution is -2.46. The Morgan fingerprint density at radius 2 is 1.67 bits per heavy atom. The number of pyridine rings is 1. The zero-order chi connectivity index (χ0) is 23.4. The van der Waals surface area contributed by atoms with Crippen LogP contribution in [0.2, 0.25) is 0 Å². The van der Waals surface area contributed by atoms with Gasteiger partial charge in [-0.15, -0.1) is 0 Å². The van der Waals surface area contributed by atoms with Crippen molar-refractivity contribution in [3.05, 3.63) is 95.8 Å². The molecule has 0 radical (unpaired) electrons. The normalized spacial score (nSPS) is 10.6. The third-order valence-corrected chi connectivity index (χ3v) is 5.62. The van der Waals surface area contributed by atoms with Crippen molar-refractivity contribution in [1.29, 1.82) is 0 Å². The minimum atomic E-state index is -0.775. The molecule has 4 rings (SSSR count). The fraction of sp³-hybridized carbons (Fsp3) is 0.0800. The van der Waals surface area contributed by atoms with Crippen molar-refractivity contribution < 1.29 is 18.7 Å². The molecule has 3 aromatic carbocycles. The van der Waals surface area contributed by atoms with E-state index in [1.165, 1.54) is 19.2 Å². The van der Waals surface area contributed by atoms with Gasteiger partial charge in [0.25, 0.3) is 5.91 Å². The molecule has 2 amide bonds. The van der Waals surface area contributed by atoms with E-state index in [4.69, 9.17) is 4.74 Å². The number of halogens is 2. The molecular formula is C25H19BrFN3O3. The molecule has 1 heterocycles. The van der Waals surface area contributed by atoms with Crippen LogP contribution < -0.4 is 10.4 Å². The molecule has 0 aliphatic heterocycles. The van der Waals surface area contributed by atoms with Crippen LogP contribution in [0.1, 0.15) is 15.9 Å². The monoisotopic (exact) mass is 507 g/mol. The zero-order valence-electron chi connectivity index (χ0n) is 17.6. The van der Waals surface area contributed by atoms with Gasteiger partial charge in [0.2, 0.25) is 0 Å². The molecule has 0 unspecified atom stereocenters. The van der Waals surface area contributed by atoms with Gasteiger partial charge in [0.1, 0.15) is 11.3 Å². The highest BCUT2D eigenvalue weighted by Crippen LogP contribution is 2.33. The molecule has 8 heteroatoms. The summed E-state index contributed by atoms with van der Waals surface area (Å²) in [7, 11) is 1.22. The molecule has 166 valence electrons. The Labute approximate surface area is 198 Å². The van der Waals surface area contributed by atoms with Crippen LogP contribution in [0, 0.1) is 5.82 Å². The number of ether oxygens (including phenoxy) is 1. The standard InChI is InChI=1S/C25H19BrFN3O3/c1-33-25(32)30(17-11-6-3-7-12-17)29-24(31)21-18-13-8-14-20(27)23(18)28-22(19(21)15-26)16-9-4-2-5-10-16/h2-14H,15H2,1H3,(H,29,31). The first kappa shape index (κ1) is 22.4. The van der Waals surface area contributed by atoms with Gasteiger partial charge in [0.15, 0.2) is 0 Å². The number of hydrazine groups is 1. The van der Waals surface area contributed by atoms with E-state index in [1.807, 2.05) is 30.3 Å². The molecule has 0 aliphatic rings. The number of nitrogens with one attached hydrogen (secondary N) is 1. The maximum Gasteiger partial charge on any atom is 0.433 e. The van der Waals surface area contributed by atoms with E-state index in [-0.39, 0.29) is 16.4 Å². The number of anilines is 1. The van der Waals surface area contributed by atoms with Gasteiger partial charge in [0.05, 0.1) is 24.1 Å². The lowest BCUT2D eigenvalue weighted by Gasteiger charge is -2.23. The Morgan fingerprint density at radius 1 is 1.00 bits per heavy atom. The summed E-state index contributed by atoms with van der Waals surface area (Å²) in [6.45, 7) is 0. The van der Waals surface area contributed by atoms with Crippen LogP contribution in [-0.4, -0.2) is 24.1 Å². The molecule has 4 aromatic rings. The van der Waals surface area contributed by atoms with Crippen LogP contribution in [0.5, 0.6) is 0 Å². The maximum atomic E-state index is 14.8. The lowest BCUT2D eigenvalue weighted by atomic mass is 9.97. The van der Waals surface area contributed by atoms with Gasteiger partial charge in [-0.1, -0.05) is 76.6 Å². The molecule has 0 aliphatic carbocycles. The molecule has 1 aromatic heterocycles. The minimum Gasteiger partial charge on any atom is -0.451 e. The van der Waals surface area contributed by atoms with Crippen molar-refractivity contribution in [2.75, 3.05) is 12.1 Å². The minimum absolute atomic E-state index is 0.0653. The molecule has 1 N–H and O–H groups in total. The Morgan fingerprint density at radius 3 is 2.30 bits per heavy atom. The van der Waals surface area contributed by atoms with Gasteiger partial charge >= 0.3 is 6.09 Å². The fourth-order valence-corrected chi connectivity index (χ4v) is 4.10. The molecule has 0 fully saturated rings. The summed E-state index contributed by atoms with van der Waals surface area (Å²) in [5.74, 6) is -1.15. The Hall–Kier alpha value is -3.78. The molecule has 6 nitrogen and oxygen atoms in total. The first-order chi connectivity index (χ1) is 16.0. The smallest absolute Gasteiger partial charge is 0.433 e. The van der Waals surface area contributed by atoms with Gasteiger partial charge in [0, 0.05) is 21.8 Å². The quantitative estimate of drug-likeness (QED) is 0.277. The first-order valence-corrected chi connectivity index (χ1v) is 11.1. The predicted molar refractivity (Wildman–Crippen MR) is 129 cm³/mol. The van der Waals surface area contributed by atoms with E-state index in [9.17, 15) is 14.0 Å².